The Morgan fingerprint density at radius 2 is 1.85 bits per heavy atom. The lowest BCUT2D eigenvalue weighted by molar-refractivity contribution is -0.118. The molecule has 1 aliphatic rings. The van der Waals surface area contributed by atoms with Crippen molar-refractivity contribution in [1.29, 1.82) is 0 Å². The minimum Gasteiger partial charge on any atom is -0.326 e. The molecule has 0 aromatic heterocycles. The fourth-order valence-corrected chi connectivity index (χ4v) is 4.45. The van der Waals surface area contributed by atoms with Gasteiger partial charge in [-0.15, -0.1) is 0 Å². The van der Waals surface area contributed by atoms with Crippen molar-refractivity contribution in [3.05, 3.63) is 53.8 Å². The van der Waals surface area contributed by atoms with Crippen LogP contribution in [0.2, 0.25) is 0 Å². The van der Waals surface area contributed by atoms with Crippen LogP contribution in [-0.2, 0) is 21.2 Å². The molecule has 0 saturated heterocycles. The molecule has 0 fully saturated rings. The number of hydrogen-bond donors (Lipinski definition) is 1. The largest absolute Gasteiger partial charge is 0.326 e. The summed E-state index contributed by atoms with van der Waals surface area (Å²) in [5, 5.41) is 2.83. The van der Waals surface area contributed by atoms with Gasteiger partial charge in [-0.05, 0) is 60.9 Å². The van der Waals surface area contributed by atoms with Gasteiger partial charge in [-0.25, -0.2) is 12.8 Å². The van der Waals surface area contributed by atoms with Crippen molar-refractivity contribution in [3.8, 4) is 0 Å². The molecule has 7 heteroatoms. The van der Waals surface area contributed by atoms with Crippen molar-refractivity contribution in [2.75, 3.05) is 16.2 Å². The van der Waals surface area contributed by atoms with Gasteiger partial charge >= 0.3 is 0 Å². The van der Waals surface area contributed by atoms with Crippen molar-refractivity contribution in [2.45, 2.75) is 31.6 Å². The standard InChI is InChI=1S/C19H21FN2O3S/c1-13(2)19(23)21-16-7-10-18-14(12-16)4-3-11-22(18)26(24,25)17-8-5-15(20)6-9-17/h5-10,12-13H,3-4,11H2,1-2H3,(H,21,23). The van der Waals surface area contributed by atoms with Crippen molar-refractivity contribution >= 4 is 27.3 Å². The van der Waals surface area contributed by atoms with Crippen LogP contribution in [0, 0.1) is 11.7 Å². The Labute approximate surface area is 152 Å². The number of amides is 1. The van der Waals surface area contributed by atoms with E-state index in [0.29, 0.717) is 24.3 Å². The number of anilines is 2. The van der Waals surface area contributed by atoms with Crippen LogP contribution in [0.5, 0.6) is 0 Å². The molecule has 2 aromatic carbocycles. The zero-order chi connectivity index (χ0) is 18.9. The molecule has 0 unspecified atom stereocenters. The first-order valence-electron chi connectivity index (χ1n) is 8.51. The lowest BCUT2D eigenvalue weighted by atomic mass is 10.0. The second-order valence-electron chi connectivity index (χ2n) is 6.62. The minimum atomic E-state index is -3.76. The summed E-state index contributed by atoms with van der Waals surface area (Å²) in [5.74, 6) is -0.702. The molecular weight excluding hydrogens is 355 g/mol. The van der Waals surface area contributed by atoms with Gasteiger partial charge < -0.3 is 5.32 Å². The summed E-state index contributed by atoms with van der Waals surface area (Å²) in [6, 6.07) is 10.1. The van der Waals surface area contributed by atoms with Crippen LogP contribution in [0.1, 0.15) is 25.8 Å². The van der Waals surface area contributed by atoms with Crippen LogP contribution in [0.4, 0.5) is 15.8 Å². The molecule has 1 heterocycles. The van der Waals surface area contributed by atoms with E-state index in [9.17, 15) is 17.6 Å². The summed E-state index contributed by atoms with van der Waals surface area (Å²) in [5.41, 5.74) is 2.12. The molecule has 0 spiro atoms. The highest BCUT2D eigenvalue weighted by Gasteiger charge is 2.29. The molecule has 0 aliphatic carbocycles. The molecule has 1 amide bonds. The van der Waals surface area contributed by atoms with Gasteiger partial charge in [0.25, 0.3) is 10.0 Å². The van der Waals surface area contributed by atoms with Gasteiger partial charge in [-0.2, -0.15) is 0 Å². The molecular formula is C19H21FN2O3S. The number of rotatable bonds is 4. The van der Waals surface area contributed by atoms with E-state index < -0.39 is 15.8 Å². The van der Waals surface area contributed by atoms with Gasteiger partial charge in [0.15, 0.2) is 0 Å². The van der Waals surface area contributed by atoms with E-state index in [4.69, 9.17) is 0 Å². The Hall–Kier alpha value is -2.41. The Morgan fingerprint density at radius 3 is 2.50 bits per heavy atom. The van der Waals surface area contributed by atoms with E-state index in [0.717, 1.165) is 24.1 Å². The van der Waals surface area contributed by atoms with E-state index in [-0.39, 0.29) is 16.7 Å². The quantitative estimate of drug-likeness (QED) is 0.887. The van der Waals surface area contributed by atoms with Gasteiger partial charge in [0.1, 0.15) is 5.82 Å². The first-order chi connectivity index (χ1) is 12.3. The molecule has 1 aliphatic heterocycles. The highest BCUT2D eigenvalue weighted by atomic mass is 32.2. The van der Waals surface area contributed by atoms with Gasteiger partial charge in [0.2, 0.25) is 5.91 Å². The normalized spacial score (nSPS) is 14.2. The highest BCUT2D eigenvalue weighted by molar-refractivity contribution is 7.92. The van der Waals surface area contributed by atoms with Gasteiger partial charge in [-0.1, -0.05) is 13.8 Å². The van der Waals surface area contributed by atoms with Crippen LogP contribution in [0.3, 0.4) is 0 Å². The molecule has 3 rings (SSSR count). The van der Waals surface area contributed by atoms with Crippen molar-refractivity contribution in [1.82, 2.24) is 0 Å². The third kappa shape index (κ3) is 3.58. The van der Waals surface area contributed by atoms with Crippen LogP contribution in [0.25, 0.3) is 0 Å². The summed E-state index contributed by atoms with van der Waals surface area (Å²) in [6.45, 7) is 3.99. The van der Waals surface area contributed by atoms with Crippen LogP contribution >= 0.6 is 0 Å². The summed E-state index contributed by atoms with van der Waals surface area (Å²) in [7, 11) is -3.76. The predicted octanol–water partition coefficient (Wildman–Crippen LogP) is 3.56. The van der Waals surface area contributed by atoms with E-state index >= 15 is 0 Å². The number of carbonyl (C=O) groups excluding carboxylic acids is 1. The first-order valence-corrected chi connectivity index (χ1v) is 9.95. The van der Waals surface area contributed by atoms with E-state index in [1.807, 2.05) is 19.9 Å². The highest BCUT2D eigenvalue weighted by Crippen LogP contribution is 2.33. The molecule has 0 bridgehead atoms. The number of fused-ring (bicyclic) bond motifs is 1. The lowest BCUT2D eigenvalue weighted by Crippen LogP contribution is -2.35. The molecule has 0 atom stereocenters. The summed E-state index contributed by atoms with van der Waals surface area (Å²) in [4.78, 5) is 11.9. The molecule has 2 aromatic rings. The second kappa shape index (κ2) is 7.07. The van der Waals surface area contributed by atoms with Crippen molar-refractivity contribution in [2.24, 2.45) is 5.92 Å². The molecule has 26 heavy (non-hydrogen) atoms. The molecule has 0 saturated carbocycles. The predicted molar refractivity (Wildman–Crippen MR) is 99.2 cm³/mol. The number of sulfonamides is 1. The lowest BCUT2D eigenvalue weighted by Gasteiger charge is -2.31. The number of benzene rings is 2. The van der Waals surface area contributed by atoms with Gasteiger partial charge in [-0.3, -0.25) is 9.10 Å². The minimum absolute atomic E-state index is 0.0592. The third-order valence-electron chi connectivity index (χ3n) is 4.35. The van der Waals surface area contributed by atoms with E-state index in [1.54, 1.807) is 12.1 Å². The smallest absolute Gasteiger partial charge is 0.264 e. The molecule has 138 valence electrons. The van der Waals surface area contributed by atoms with E-state index in [1.165, 1.54) is 16.4 Å². The van der Waals surface area contributed by atoms with E-state index in [2.05, 4.69) is 5.32 Å². The Morgan fingerprint density at radius 1 is 1.15 bits per heavy atom. The maximum Gasteiger partial charge on any atom is 0.264 e. The number of nitrogens with zero attached hydrogens (tertiary/aromatic N) is 1. The monoisotopic (exact) mass is 376 g/mol. The fraction of sp³-hybridized carbons (Fsp3) is 0.316. The van der Waals surface area contributed by atoms with Crippen molar-refractivity contribution < 1.29 is 17.6 Å². The number of hydrogen-bond acceptors (Lipinski definition) is 3. The summed E-state index contributed by atoms with van der Waals surface area (Å²) >= 11 is 0. The zero-order valence-corrected chi connectivity index (χ0v) is 15.5. The third-order valence-corrected chi connectivity index (χ3v) is 6.18. The maximum atomic E-state index is 13.1. The Bertz CT molecular complexity index is 924. The van der Waals surface area contributed by atoms with Crippen LogP contribution in [-0.4, -0.2) is 20.9 Å². The number of halogens is 1. The van der Waals surface area contributed by atoms with Gasteiger partial charge in [0, 0.05) is 18.2 Å². The average molecular weight is 376 g/mol. The van der Waals surface area contributed by atoms with Crippen LogP contribution < -0.4 is 9.62 Å². The average Bonchev–Trinajstić information content (AvgIpc) is 2.61. The van der Waals surface area contributed by atoms with Crippen LogP contribution in [0.15, 0.2) is 47.4 Å². The second-order valence-corrected chi connectivity index (χ2v) is 8.48. The SMILES string of the molecule is CC(C)C(=O)Nc1ccc2c(c1)CCCN2S(=O)(=O)c1ccc(F)cc1. The fourth-order valence-electron chi connectivity index (χ4n) is 2.91. The Balaban J connectivity index is 1.94. The maximum absolute atomic E-state index is 13.1. The summed E-state index contributed by atoms with van der Waals surface area (Å²) in [6.07, 6.45) is 1.41. The summed E-state index contributed by atoms with van der Waals surface area (Å²) < 4.78 is 40.4. The first kappa shape index (κ1) is 18.4. The zero-order valence-electron chi connectivity index (χ0n) is 14.7. The van der Waals surface area contributed by atoms with Crippen molar-refractivity contribution in [3.63, 3.8) is 0 Å². The number of carbonyl (C=O) groups is 1. The number of nitrogens with one attached hydrogen (secondary N) is 1. The topological polar surface area (TPSA) is 66.5 Å². The Kier molecular flexibility index (Phi) is 5.00. The van der Waals surface area contributed by atoms with Gasteiger partial charge in [0.05, 0.1) is 10.6 Å². The molecule has 5 nitrogen and oxygen atoms in total. The molecule has 0 radical (unpaired) electrons. The molecule has 1 N–H and O–H groups in total. The number of aryl methyl sites for hydroxylation is 1.